The minimum Gasteiger partial charge on any atom is -0.484 e. The zero-order valence-corrected chi connectivity index (χ0v) is 15.1. The van der Waals surface area contributed by atoms with Gasteiger partial charge >= 0.3 is 0 Å². The Morgan fingerprint density at radius 3 is 2.44 bits per heavy atom. The number of hydrogen-bond acceptors (Lipinski definition) is 4. The fourth-order valence-corrected chi connectivity index (χ4v) is 2.44. The number of carbonyl (C=O) groups is 2. The highest BCUT2D eigenvalue weighted by Crippen LogP contribution is 2.13. The standard InChI is InChI=1S/C20H23FN2O4/c1-15(20(26)22-11-12-24)23(13-16-7-9-17(21)10-8-16)19(25)14-27-18-5-3-2-4-6-18/h2-10,15,24H,11-14H2,1H3,(H,22,26)/t15-/m1/s1. The molecule has 0 aliphatic rings. The first-order valence-corrected chi connectivity index (χ1v) is 8.61. The van der Waals surface area contributed by atoms with E-state index in [2.05, 4.69) is 5.32 Å². The Morgan fingerprint density at radius 1 is 1.15 bits per heavy atom. The third-order valence-corrected chi connectivity index (χ3v) is 3.95. The molecule has 2 amide bonds. The van der Waals surface area contributed by atoms with Crippen LogP contribution in [0.1, 0.15) is 12.5 Å². The van der Waals surface area contributed by atoms with Crippen LogP contribution in [0.2, 0.25) is 0 Å². The SMILES string of the molecule is C[C@H](C(=O)NCCO)N(Cc1ccc(F)cc1)C(=O)COc1ccccc1. The normalized spacial score (nSPS) is 11.5. The first-order valence-electron chi connectivity index (χ1n) is 8.61. The van der Waals surface area contributed by atoms with Gasteiger partial charge in [-0.3, -0.25) is 9.59 Å². The number of amides is 2. The summed E-state index contributed by atoms with van der Waals surface area (Å²) in [6.07, 6.45) is 0. The zero-order valence-electron chi connectivity index (χ0n) is 15.1. The number of aliphatic hydroxyl groups is 1. The van der Waals surface area contributed by atoms with E-state index in [4.69, 9.17) is 9.84 Å². The van der Waals surface area contributed by atoms with Crippen molar-refractivity contribution in [3.63, 3.8) is 0 Å². The summed E-state index contributed by atoms with van der Waals surface area (Å²) in [6.45, 7) is 1.40. The highest BCUT2D eigenvalue weighted by molar-refractivity contribution is 5.87. The van der Waals surface area contributed by atoms with Crippen LogP contribution in [-0.4, -0.2) is 47.6 Å². The Hall–Kier alpha value is -2.93. The summed E-state index contributed by atoms with van der Waals surface area (Å²) < 4.78 is 18.6. The van der Waals surface area contributed by atoms with Gasteiger partial charge in [-0.05, 0) is 36.8 Å². The van der Waals surface area contributed by atoms with Gasteiger partial charge in [0.25, 0.3) is 5.91 Å². The second-order valence-corrected chi connectivity index (χ2v) is 5.94. The molecule has 0 saturated heterocycles. The molecule has 27 heavy (non-hydrogen) atoms. The van der Waals surface area contributed by atoms with Gasteiger partial charge in [0, 0.05) is 13.1 Å². The molecular weight excluding hydrogens is 351 g/mol. The molecule has 6 nitrogen and oxygen atoms in total. The van der Waals surface area contributed by atoms with E-state index in [0.717, 1.165) is 0 Å². The maximum Gasteiger partial charge on any atom is 0.261 e. The Kier molecular flexibility index (Phi) is 7.76. The Bertz CT molecular complexity index is 737. The van der Waals surface area contributed by atoms with Crippen molar-refractivity contribution in [2.45, 2.75) is 19.5 Å². The average molecular weight is 374 g/mol. The summed E-state index contributed by atoms with van der Waals surface area (Å²) >= 11 is 0. The van der Waals surface area contributed by atoms with Gasteiger partial charge in [0.05, 0.1) is 6.61 Å². The van der Waals surface area contributed by atoms with E-state index in [0.29, 0.717) is 11.3 Å². The predicted molar refractivity (Wildman–Crippen MR) is 98.4 cm³/mol. The summed E-state index contributed by atoms with van der Waals surface area (Å²) in [6, 6.07) is 13.8. The van der Waals surface area contributed by atoms with E-state index in [9.17, 15) is 14.0 Å². The number of nitrogens with zero attached hydrogens (tertiary/aromatic N) is 1. The van der Waals surface area contributed by atoms with Crippen molar-refractivity contribution < 1.29 is 23.8 Å². The van der Waals surface area contributed by atoms with Crippen molar-refractivity contribution in [2.24, 2.45) is 0 Å². The summed E-state index contributed by atoms with van der Waals surface area (Å²) in [5, 5.41) is 11.4. The second kappa shape index (κ2) is 10.3. The topological polar surface area (TPSA) is 78.9 Å². The van der Waals surface area contributed by atoms with Crippen molar-refractivity contribution in [3.8, 4) is 5.75 Å². The van der Waals surface area contributed by atoms with Crippen LogP contribution in [-0.2, 0) is 16.1 Å². The number of ether oxygens (including phenoxy) is 1. The van der Waals surface area contributed by atoms with E-state index in [1.165, 1.54) is 17.0 Å². The van der Waals surface area contributed by atoms with E-state index < -0.39 is 6.04 Å². The van der Waals surface area contributed by atoms with Crippen molar-refractivity contribution in [1.29, 1.82) is 0 Å². The minimum atomic E-state index is -0.784. The quantitative estimate of drug-likeness (QED) is 0.701. The van der Waals surface area contributed by atoms with Crippen LogP contribution in [0.5, 0.6) is 5.75 Å². The number of carbonyl (C=O) groups excluding carboxylic acids is 2. The van der Waals surface area contributed by atoms with Gasteiger partial charge in [0.2, 0.25) is 5.91 Å². The maximum atomic E-state index is 13.1. The number of halogens is 1. The molecular formula is C20H23FN2O4. The summed E-state index contributed by atoms with van der Waals surface area (Å²) in [5.41, 5.74) is 0.686. The van der Waals surface area contributed by atoms with Crippen LogP contribution in [0.4, 0.5) is 4.39 Å². The summed E-state index contributed by atoms with van der Waals surface area (Å²) in [5.74, 6) is -0.600. The van der Waals surface area contributed by atoms with E-state index in [1.807, 2.05) is 6.07 Å². The molecule has 0 heterocycles. The molecule has 2 aromatic rings. The van der Waals surface area contributed by atoms with E-state index in [-0.39, 0.29) is 43.9 Å². The highest BCUT2D eigenvalue weighted by atomic mass is 19.1. The summed E-state index contributed by atoms with van der Waals surface area (Å²) in [7, 11) is 0. The molecule has 0 radical (unpaired) electrons. The largest absolute Gasteiger partial charge is 0.484 e. The fourth-order valence-electron chi connectivity index (χ4n) is 2.44. The lowest BCUT2D eigenvalue weighted by molar-refractivity contribution is -0.142. The molecule has 2 N–H and O–H groups in total. The Balaban J connectivity index is 2.10. The van der Waals surface area contributed by atoms with Crippen molar-refractivity contribution in [1.82, 2.24) is 10.2 Å². The number of aliphatic hydroxyl groups excluding tert-OH is 1. The molecule has 7 heteroatoms. The second-order valence-electron chi connectivity index (χ2n) is 5.94. The Labute approximate surface area is 157 Å². The molecule has 0 saturated carbocycles. The van der Waals surface area contributed by atoms with Crippen LogP contribution in [0.25, 0.3) is 0 Å². The molecule has 0 fully saturated rings. The van der Waals surface area contributed by atoms with Crippen molar-refractivity contribution >= 4 is 11.8 Å². The van der Waals surface area contributed by atoms with Gasteiger partial charge in [0.15, 0.2) is 6.61 Å². The maximum absolute atomic E-state index is 13.1. The zero-order chi connectivity index (χ0) is 19.6. The molecule has 0 aromatic heterocycles. The number of hydrogen-bond donors (Lipinski definition) is 2. The Morgan fingerprint density at radius 2 is 1.81 bits per heavy atom. The lowest BCUT2D eigenvalue weighted by atomic mass is 10.1. The smallest absolute Gasteiger partial charge is 0.261 e. The molecule has 144 valence electrons. The average Bonchev–Trinajstić information content (AvgIpc) is 2.70. The van der Waals surface area contributed by atoms with Crippen LogP contribution >= 0.6 is 0 Å². The fraction of sp³-hybridized carbons (Fsp3) is 0.300. The van der Waals surface area contributed by atoms with E-state index in [1.54, 1.807) is 43.3 Å². The molecule has 0 aliphatic carbocycles. The molecule has 1 atom stereocenters. The van der Waals surface area contributed by atoms with Crippen LogP contribution < -0.4 is 10.1 Å². The predicted octanol–water partition coefficient (Wildman–Crippen LogP) is 1.73. The van der Waals surface area contributed by atoms with Gasteiger partial charge in [-0.2, -0.15) is 0 Å². The van der Waals surface area contributed by atoms with Crippen molar-refractivity contribution in [2.75, 3.05) is 19.8 Å². The van der Waals surface area contributed by atoms with Gasteiger partial charge in [0.1, 0.15) is 17.6 Å². The number of benzene rings is 2. The third kappa shape index (κ3) is 6.38. The molecule has 0 aliphatic heterocycles. The van der Waals surface area contributed by atoms with E-state index >= 15 is 0 Å². The monoisotopic (exact) mass is 374 g/mol. The molecule has 0 unspecified atom stereocenters. The van der Waals surface area contributed by atoms with Crippen LogP contribution in [0.3, 0.4) is 0 Å². The van der Waals surface area contributed by atoms with Crippen LogP contribution in [0.15, 0.2) is 54.6 Å². The third-order valence-electron chi connectivity index (χ3n) is 3.95. The highest BCUT2D eigenvalue weighted by Gasteiger charge is 2.26. The summed E-state index contributed by atoms with van der Waals surface area (Å²) in [4.78, 5) is 26.3. The van der Waals surface area contributed by atoms with Gasteiger partial charge in [-0.1, -0.05) is 30.3 Å². The lowest BCUT2D eigenvalue weighted by Gasteiger charge is -2.28. The molecule has 0 spiro atoms. The molecule has 2 aromatic carbocycles. The number of rotatable bonds is 9. The van der Waals surface area contributed by atoms with Gasteiger partial charge in [-0.15, -0.1) is 0 Å². The van der Waals surface area contributed by atoms with Crippen LogP contribution in [0, 0.1) is 5.82 Å². The van der Waals surface area contributed by atoms with Gasteiger partial charge < -0.3 is 20.1 Å². The first kappa shape index (κ1) is 20.4. The minimum absolute atomic E-state index is 0.0995. The lowest BCUT2D eigenvalue weighted by Crippen LogP contribution is -2.49. The van der Waals surface area contributed by atoms with Crippen molar-refractivity contribution in [3.05, 3.63) is 66.0 Å². The molecule has 0 bridgehead atoms. The first-order chi connectivity index (χ1) is 13.0. The van der Waals surface area contributed by atoms with Gasteiger partial charge in [-0.25, -0.2) is 4.39 Å². The molecule has 2 rings (SSSR count). The number of para-hydroxylation sites is 1. The number of nitrogens with one attached hydrogen (secondary N) is 1.